The normalized spacial score (nSPS) is 13.4. The fourth-order valence-corrected chi connectivity index (χ4v) is 4.98. The van der Waals surface area contributed by atoms with Gasteiger partial charge in [0.15, 0.2) is 0 Å². The largest absolute Gasteiger partial charge is 0.250 e. The first kappa shape index (κ1) is 25.7. The van der Waals surface area contributed by atoms with Crippen molar-refractivity contribution in [3.8, 4) is 0 Å². The van der Waals surface area contributed by atoms with E-state index in [1.165, 1.54) is 108 Å². The van der Waals surface area contributed by atoms with Crippen LogP contribution in [0.2, 0.25) is 0 Å². The zero-order chi connectivity index (χ0) is 22.0. The van der Waals surface area contributed by atoms with E-state index in [1.807, 2.05) is 0 Å². The highest BCUT2D eigenvalue weighted by molar-refractivity contribution is 5.15. The summed E-state index contributed by atoms with van der Waals surface area (Å²) in [5.41, 5.74) is 1.50. The lowest BCUT2D eigenvalue weighted by Gasteiger charge is -2.25. The molecule has 0 spiro atoms. The van der Waals surface area contributed by atoms with E-state index in [2.05, 4.69) is 72.5 Å². The summed E-state index contributed by atoms with van der Waals surface area (Å²) in [6.45, 7) is 4.60. The molecule has 2 heteroatoms. The second kappa shape index (κ2) is 17.0. The fourth-order valence-electron chi connectivity index (χ4n) is 4.98. The Kier molecular flexibility index (Phi) is 14.1. The van der Waals surface area contributed by atoms with E-state index in [4.69, 9.17) is 0 Å². The van der Waals surface area contributed by atoms with Gasteiger partial charge in [0.1, 0.15) is 18.4 Å². The molecule has 1 aromatic carbocycles. The van der Waals surface area contributed by atoms with Crippen LogP contribution < -0.4 is 4.57 Å². The Labute approximate surface area is 192 Å². The molecule has 1 aromatic heterocycles. The topological polar surface area (TPSA) is 19.7 Å². The molecule has 2 rings (SSSR count). The van der Waals surface area contributed by atoms with E-state index in [-0.39, 0.29) is 0 Å². The van der Waals surface area contributed by atoms with Crippen LogP contribution in [0.25, 0.3) is 0 Å². The second-order valence-electron chi connectivity index (χ2n) is 9.54. The van der Waals surface area contributed by atoms with E-state index in [0.717, 1.165) is 5.92 Å². The van der Waals surface area contributed by atoms with Gasteiger partial charge in [0, 0.05) is 5.92 Å². The van der Waals surface area contributed by atoms with Crippen molar-refractivity contribution < 1.29 is 4.57 Å². The lowest BCUT2D eigenvalue weighted by molar-refractivity contribution is -0.730. The van der Waals surface area contributed by atoms with E-state index in [9.17, 15) is 0 Å². The van der Waals surface area contributed by atoms with Crippen LogP contribution in [-0.4, -0.2) is 4.98 Å². The second-order valence-corrected chi connectivity index (χ2v) is 9.54. The Hall–Kier alpha value is -1.57. The van der Waals surface area contributed by atoms with E-state index >= 15 is 0 Å². The molecular weight excluding hydrogens is 376 g/mol. The maximum absolute atomic E-state index is 3.31. The third kappa shape index (κ3) is 11.0. The SMILES string of the molecule is CCCCCCCCCC(C(CCCCCCCC)Cc1ccccc1)[n+]1cc[nH]c1. The number of hydrogen-bond donors (Lipinski definition) is 1. The molecule has 174 valence electrons. The van der Waals surface area contributed by atoms with Gasteiger partial charge in [0.25, 0.3) is 0 Å². The maximum atomic E-state index is 3.31. The molecule has 0 saturated carbocycles. The Morgan fingerprint density at radius 1 is 0.710 bits per heavy atom. The van der Waals surface area contributed by atoms with Gasteiger partial charge in [0.2, 0.25) is 6.33 Å². The summed E-state index contributed by atoms with van der Waals surface area (Å²) in [7, 11) is 0. The van der Waals surface area contributed by atoms with Crippen LogP contribution in [0.5, 0.6) is 0 Å². The first-order valence-corrected chi connectivity index (χ1v) is 13.4. The highest BCUT2D eigenvalue weighted by atomic mass is 15.1. The number of aromatic nitrogens is 2. The lowest BCUT2D eigenvalue weighted by atomic mass is 9.84. The molecule has 0 aliphatic rings. The molecule has 2 nitrogen and oxygen atoms in total. The highest BCUT2D eigenvalue weighted by Crippen LogP contribution is 2.29. The summed E-state index contributed by atoms with van der Waals surface area (Å²) in [5.74, 6) is 0.717. The van der Waals surface area contributed by atoms with Crippen molar-refractivity contribution >= 4 is 0 Å². The molecule has 0 bridgehead atoms. The number of unbranched alkanes of at least 4 members (excludes halogenated alkanes) is 11. The Morgan fingerprint density at radius 3 is 1.87 bits per heavy atom. The van der Waals surface area contributed by atoms with Gasteiger partial charge in [-0.3, -0.25) is 4.98 Å². The minimum Gasteiger partial charge on any atom is -0.250 e. The third-order valence-corrected chi connectivity index (χ3v) is 6.87. The highest BCUT2D eigenvalue weighted by Gasteiger charge is 2.26. The zero-order valence-corrected chi connectivity index (χ0v) is 20.5. The van der Waals surface area contributed by atoms with E-state index in [1.54, 1.807) is 0 Å². The number of imidazole rings is 1. The standard InChI is InChI=1S/C29H48N2/c1-3-5-7-9-11-13-18-22-29(31-24-23-30-26-31)28(21-17-12-10-8-6-4-2)25-27-19-15-14-16-20-27/h14-16,19-20,23-24,26,28-29H,3-13,17-18,21-22,25H2,1-2H3/p+1. The first-order chi connectivity index (χ1) is 15.3. The summed E-state index contributed by atoms with van der Waals surface area (Å²) in [4.78, 5) is 3.31. The van der Waals surface area contributed by atoms with Gasteiger partial charge in [-0.05, 0) is 31.2 Å². The number of benzene rings is 1. The molecule has 0 aliphatic carbocycles. The van der Waals surface area contributed by atoms with Crippen molar-refractivity contribution in [2.45, 2.75) is 123 Å². The van der Waals surface area contributed by atoms with Gasteiger partial charge in [-0.2, -0.15) is 0 Å². The van der Waals surface area contributed by atoms with E-state index < -0.39 is 0 Å². The summed E-state index contributed by atoms with van der Waals surface area (Å²) >= 11 is 0. The Morgan fingerprint density at radius 2 is 1.29 bits per heavy atom. The molecule has 1 N–H and O–H groups in total. The predicted octanol–water partition coefficient (Wildman–Crippen LogP) is 8.59. The number of H-pyrrole nitrogens is 1. The molecule has 31 heavy (non-hydrogen) atoms. The van der Waals surface area contributed by atoms with Crippen LogP contribution in [0.1, 0.15) is 122 Å². The number of aromatic amines is 1. The van der Waals surface area contributed by atoms with Crippen molar-refractivity contribution in [1.82, 2.24) is 4.98 Å². The van der Waals surface area contributed by atoms with Crippen LogP contribution in [0, 0.1) is 5.92 Å². The monoisotopic (exact) mass is 425 g/mol. The number of nitrogens with one attached hydrogen (secondary N) is 1. The van der Waals surface area contributed by atoms with Crippen LogP contribution in [0.4, 0.5) is 0 Å². The van der Waals surface area contributed by atoms with Crippen molar-refractivity contribution in [3.05, 3.63) is 54.6 Å². The minimum atomic E-state index is 0.609. The first-order valence-electron chi connectivity index (χ1n) is 13.4. The molecule has 0 amide bonds. The quantitative estimate of drug-likeness (QED) is 0.172. The Balaban J connectivity index is 1.94. The smallest absolute Gasteiger partial charge is 0.241 e. The number of rotatable bonds is 19. The third-order valence-electron chi connectivity index (χ3n) is 6.87. The molecule has 2 aromatic rings. The van der Waals surface area contributed by atoms with Crippen molar-refractivity contribution in [2.75, 3.05) is 0 Å². The van der Waals surface area contributed by atoms with Crippen LogP contribution in [0.3, 0.4) is 0 Å². The van der Waals surface area contributed by atoms with Crippen molar-refractivity contribution in [1.29, 1.82) is 0 Å². The average Bonchev–Trinajstić information content (AvgIpc) is 3.33. The molecule has 2 atom stereocenters. The Bertz CT molecular complexity index is 619. The van der Waals surface area contributed by atoms with Crippen molar-refractivity contribution in [2.24, 2.45) is 5.92 Å². The van der Waals surface area contributed by atoms with Gasteiger partial charge >= 0.3 is 0 Å². The van der Waals surface area contributed by atoms with Gasteiger partial charge in [-0.1, -0.05) is 121 Å². The molecule has 0 aliphatic heterocycles. The fraction of sp³-hybridized carbons (Fsp3) is 0.690. The molecule has 0 fully saturated rings. The number of nitrogens with zero attached hydrogens (tertiary/aromatic N) is 1. The number of hydrogen-bond acceptors (Lipinski definition) is 0. The maximum Gasteiger partial charge on any atom is 0.241 e. The summed E-state index contributed by atoms with van der Waals surface area (Å²) < 4.78 is 2.47. The summed E-state index contributed by atoms with van der Waals surface area (Å²) in [6, 6.07) is 11.8. The van der Waals surface area contributed by atoms with Crippen molar-refractivity contribution in [3.63, 3.8) is 0 Å². The van der Waals surface area contributed by atoms with Crippen LogP contribution in [-0.2, 0) is 6.42 Å². The summed E-state index contributed by atoms with van der Waals surface area (Å²) in [6.07, 6.45) is 28.4. The lowest BCUT2D eigenvalue weighted by Crippen LogP contribution is -2.42. The van der Waals surface area contributed by atoms with E-state index in [0.29, 0.717) is 6.04 Å². The molecule has 0 radical (unpaired) electrons. The predicted molar refractivity (Wildman–Crippen MR) is 134 cm³/mol. The van der Waals surface area contributed by atoms with Gasteiger partial charge in [0.05, 0.1) is 0 Å². The molecule has 1 heterocycles. The molecule has 0 saturated heterocycles. The minimum absolute atomic E-state index is 0.609. The average molecular weight is 426 g/mol. The molecular formula is C29H49N2+. The van der Waals surface area contributed by atoms with Gasteiger partial charge in [-0.25, -0.2) is 4.57 Å². The zero-order valence-electron chi connectivity index (χ0n) is 20.5. The van der Waals surface area contributed by atoms with Gasteiger partial charge in [-0.15, -0.1) is 0 Å². The molecule has 2 unspecified atom stereocenters. The van der Waals surface area contributed by atoms with Crippen LogP contribution in [0.15, 0.2) is 49.1 Å². The van der Waals surface area contributed by atoms with Gasteiger partial charge < -0.3 is 0 Å². The van der Waals surface area contributed by atoms with Crippen LogP contribution >= 0.6 is 0 Å². The summed E-state index contributed by atoms with van der Waals surface area (Å²) in [5, 5.41) is 0.